The summed E-state index contributed by atoms with van der Waals surface area (Å²) in [6.45, 7) is 4.29. The quantitative estimate of drug-likeness (QED) is 0.655. The first-order chi connectivity index (χ1) is 9.31. The van der Waals surface area contributed by atoms with Gasteiger partial charge in [-0.1, -0.05) is 6.42 Å². The second-order valence-electron chi connectivity index (χ2n) is 5.57. The predicted octanol–water partition coefficient (Wildman–Crippen LogP) is 0.356. The minimum Gasteiger partial charge on any atom is -0.385 e. The average molecular weight is 269 g/mol. The van der Waals surface area contributed by atoms with E-state index in [1.807, 2.05) is 0 Å². The van der Waals surface area contributed by atoms with Crippen LogP contribution in [0.1, 0.15) is 32.1 Å². The number of hydrogen-bond acceptors (Lipinski definition) is 4. The van der Waals surface area contributed by atoms with Crippen LogP contribution in [0.4, 0.5) is 0 Å². The molecule has 2 unspecified atom stereocenters. The summed E-state index contributed by atoms with van der Waals surface area (Å²) < 4.78 is 4.95. The number of amides is 1. The van der Waals surface area contributed by atoms with Crippen LogP contribution in [0.3, 0.4) is 0 Å². The van der Waals surface area contributed by atoms with Crippen LogP contribution in [-0.2, 0) is 9.53 Å². The van der Waals surface area contributed by atoms with Gasteiger partial charge in [0.1, 0.15) is 0 Å². The molecule has 5 nitrogen and oxygen atoms in total. The number of piperidine rings is 1. The van der Waals surface area contributed by atoms with Crippen molar-refractivity contribution in [2.75, 3.05) is 39.9 Å². The van der Waals surface area contributed by atoms with Gasteiger partial charge in [0.2, 0.25) is 5.91 Å². The monoisotopic (exact) mass is 269 g/mol. The number of ether oxygens (including phenoxy) is 1. The van der Waals surface area contributed by atoms with Crippen LogP contribution in [0, 0.1) is 0 Å². The largest absolute Gasteiger partial charge is 0.385 e. The van der Waals surface area contributed by atoms with Crippen molar-refractivity contribution in [3.05, 3.63) is 0 Å². The van der Waals surface area contributed by atoms with Gasteiger partial charge in [-0.25, -0.2) is 0 Å². The van der Waals surface area contributed by atoms with Crippen molar-refractivity contribution in [2.24, 2.45) is 0 Å². The lowest BCUT2D eigenvalue weighted by atomic mass is 9.99. The molecule has 110 valence electrons. The van der Waals surface area contributed by atoms with Crippen molar-refractivity contribution < 1.29 is 9.53 Å². The van der Waals surface area contributed by atoms with E-state index in [9.17, 15) is 4.79 Å². The van der Waals surface area contributed by atoms with Gasteiger partial charge in [0.15, 0.2) is 0 Å². The van der Waals surface area contributed by atoms with E-state index in [1.165, 1.54) is 38.8 Å². The molecule has 5 heteroatoms. The van der Waals surface area contributed by atoms with Gasteiger partial charge >= 0.3 is 0 Å². The molecule has 0 bridgehead atoms. The number of nitrogens with zero attached hydrogens (tertiary/aromatic N) is 1. The van der Waals surface area contributed by atoms with Gasteiger partial charge in [-0.05, 0) is 32.2 Å². The van der Waals surface area contributed by atoms with Gasteiger partial charge < -0.3 is 15.4 Å². The first-order valence-electron chi connectivity index (χ1n) is 7.54. The molecule has 0 aromatic heterocycles. The highest BCUT2D eigenvalue weighted by molar-refractivity contribution is 5.77. The molecular weight excluding hydrogens is 242 g/mol. The van der Waals surface area contributed by atoms with Crippen LogP contribution >= 0.6 is 0 Å². The normalized spacial score (nSPS) is 27.2. The Labute approximate surface area is 116 Å². The number of rotatable bonds is 7. The second kappa shape index (κ2) is 7.82. The molecular formula is C14H27N3O2. The number of methoxy groups -OCH3 is 1. The Morgan fingerprint density at radius 2 is 2.21 bits per heavy atom. The van der Waals surface area contributed by atoms with Crippen molar-refractivity contribution in [3.63, 3.8) is 0 Å². The summed E-state index contributed by atoms with van der Waals surface area (Å²) in [6.07, 6.45) is 6.02. The highest BCUT2D eigenvalue weighted by Gasteiger charge is 2.35. The molecule has 2 rings (SSSR count). The molecule has 0 aromatic carbocycles. The Balaban J connectivity index is 1.61. The first kappa shape index (κ1) is 14.8. The molecule has 2 saturated heterocycles. The van der Waals surface area contributed by atoms with Gasteiger partial charge in [-0.15, -0.1) is 0 Å². The molecule has 2 aliphatic rings. The van der Waals surface area contributed by atoms with Crippen LogP contribution < -0.4 is 10.6 Å². The van der Waals surface area contributed by atoms with Crippen molar-refractivity contribution in [1.82, 2.24) is 15.5 Å². The molecule has 19 heavy (non-hydrogen) atoms. The molecule has 0 aromatic rings. The molecule has 2 atom stereocenters. The highest BCUT2D eigenvalue weighted by Crippen LogP contribution is 2.26. The van der Waals surface area contributed by atoms with E-state index < -0.39 is 0 Å². The first-order valence-corrected chi connectivity index (χ1v) is 7.54. The maximum absolute atomic E-state index is 11.7. The fraction of sp³-hybridized carbons (Fsp3) is 0.929. The van der Waals surface area contributed by atoms with Gasteiger partial charge in [0.05, 0.1) is 6.54 Å². The fourth-order valence-corrected chi connectivity index (χ4v) is 3.22. The van der Waals surface area contributed by atoms with Gasteiger partial charge in [0.25, 0.3) is 0 Å². The number of fused-ring (bicyclic) bond motifs is 1. The number of hydrogen-bond donors (Lipinski definition) is 2. The van der Waals surface area contributed by atoms with E-state index in [0.717, 1.165) is 6.42 Å². The molecule has 0 aliphatic carbocycles. The second-order valence-corrected chi connectivity index (χ2v) is 5.57. The van der Waals surface area contributed by atoms with E-state index >= 15 is 0 Å². The van der Waals surface area contributed by atoms with E-state index in [4.69, 9.17) is 4.74 Å². The minimum atomic E-state index is 0.102. The third-order valence-corrected chi connectivity index (χ3v) is 4.23. The minimum absolute atomic E-state index is 0.102. The number of carbonyl (C=O) groups is 1. The lowest BCUT2D eigenvalue weighted by molar-refractivity contribution is -0.120. The average Bonchev–Trinajstić information content (AvgIpc) is 2.85. The molecule has 1 amide bonds. The molecule has 2 heterocycles. The highest BCUT2D eigenvalue weighted by atomic mass is 16.5. The fourth-order valence-electron chi connectivity index (χ4n) is 3.22. The van der Waals surface area contributed by atoms with Gasteiger partial charge in [-0.3, -0.25) is 9.69 Å². The van der Waals surface area contributed by atoms with Crippen LogP contribution in [0.2, 0.25) is 0 Å². The van der Waals surface area contributed by atoms with Gasteiger partial charge in [0, 0.05) is 38.9 Å². The summed E-state index contributed by atoms with van der Waals surface area (Å²) in [7, 11) is 1.68. The zero-order valence-corrected chi connectivity index (χ0v) is 12.0. The van der Waals surface area contributed by atoms with E-state index in [0.29, 0.717) is 31.8 Å². The molecule has 2 aliphatic heterocycles. The van der Waals surface area contributed by atoms with Crippen molar-refractivity contribution in [2.45, 2.75) is 44.2 Å². The van der Waals surface area contributed by atoms with Crippen molar-refractivity contribution in [3.8, 4) is 0 Å². The van der Waals surface area contributed by atoms with Crippen molar-refractivity contribution in [1.29, 1.82) is 0 Å². The Bertz CT molecular complexity index is 286. The zero-order chi connectivity index (χ0) is 13.5. The van der Waals surface area contributed by atoms with Crippen molar-refractivity contribution >= 4 is 5.91 Å². The van der Waals surface area contributed by atoms with Crippen LogP contribution in [-0.4, -0.2) is 62.8 Å². The Hall–Kier alpha value is -0.650. The SMILES string of the molecule is COCCCNC(=O)CNC1CCN2CCCCC12. The van der Waals surface area contributed by atoms with Crippen LogP contribution in [0.15, 0.2) is 0 Å². The molecule has 0 spiro atoms. The lowest BCUT2D eigenvalue weighted by Gasteiger charge is -2.32. The zero-order valence-electron chi connectivity index (χ0n) is 12.0. The third-order valence-electron chi connectivity index (χ3n) is 4.23. The third kappa shape index (κ3) is 4.44. The summed E-state index contributed by atoms with van der Waals surface area (Å²) >= 11 is 0. The lowest BCUT2D eigenvalue weighted by Crippen LogP contribution is -2.47. The standard InChI is InChI=1S/C14H27N3O2/c1-19-10-4-7-15-14(18)11-16-12-6-9-17-8-3-2-5-13(12)17/h12-13,16H,2-11H2,1H3,(H,15,18). The summed E-state index contributed by atoms with van der Waals surface area (Å²) in [6, 6.07) is 1.17. The Morgan fingerprint density at radius 3 is 3.05 bits per heavy atom. The topological polar surface area (TPSA) is 53.6 Å². The van der Waals surface area contributed by atoms with E-state index in [2.05, 4.69) is 15.5 Å². The van der Waals surface area contributed by atoms with E-state index in [-0.39, 0.29) is 5.91 Å². The number of nitrogens with one attached hydrogen (secondary N) is 2. The number of carbonyl (C=O) groups excluding carboxylic acids is 1. The Morgan fingerprint density at radius 1 is 1.32 bits per heavy atom. The maximum Gasteiger partial charge on any atom is 0.233 e. The molecule has 2 N–H and O–H groups in total. The van der Waals surface area contributed by atoms with Gasteiger partial charge in [-0.2, -0.15) is 0 Å². The summed E-state index contributed by atoms with van der Waals surface area (Å²) in [5, 5.41) is 6.35. The van der Waals surface area contributed by atoms with E-state index in [1.54, 1.807) is 7.11 Å². The summed E-state index contributed by atoms with van der Waals surface area (Å²) in [5.41, 5.74) is 0. The maximum atomic E-state index is 11.7. The van der Waals surface area contributed by atoms with Crippen LogP contribution in [0.5, 0.6) is 0 Å². The summed E-state index contributed by atoms with van der Waals surface area (Å²) in [4.78, 5) is 14.3. The molecule has 0 saturated carbocycles. The summed E-state index contributed by atoms with van der Waals surface area (Å²) in [5.74, 6) is 0.102. The predicted molar refractivity (Wildman–Crippen MR) is 75.1 cm³/mol. The van der Waals surface area contributed by atoms with Crippen LogP contribution in [0.25, 0.3) is 0 Å². The molecule has 2 fully saturated rings. The Kier molecular flexibility index (Phi) is 6.07. The smallest absolute Gasteiger partial charge is 0.233 e. The molecule has 0 radical (unpaired) electrons.